The smallest absolute Gasteiger partial charge is 0.361 e. The second kappa shape index (κ2) is 29.8. The van der Waals surface area contributed by atoms with Gasteiger partial charge in [0.25, 0.3) is 0 Å². The fraction of sp³-hybridized carbons (Fsp3) is 0.938. The van der Waals surface area contributed by atoms with Crippen molar-refractivity contribution in [3.05, 3.63) is 0 Å². The van der Waals surface area contributed by atoms with Gasteiger partial charge in [0.05, 0.1) is 54.5 Å². The number of quaternary nitrogens is 2. The van der Waals surface area contributed by atoms with E-state index in [0.717, 1.165) is 50.3 Å². The van der Waals surface area contributed by atoms with Crippen molar-refractivity contribution in [2.45, 2.75) is 117 Å². The van der Waals surface area contributed by atoms with E-state index in [2.05, 4.69) is 42.0 Å². The third-order valence-electron chi connectivity index (χ3n) is 7.32. The van der Waals surface area contributed by atoms with Crippen molar-refractivity contribution >= 4 is 23.7 Å². The first-order chi connectivity index (χ1) is 18.6. The maximum absolute atomic E-state index is 12.3. The number of rotatable bonds is 28. The second-order valence-corrected chi connectivity index (χ2v) is 13.9. The summed E-state index contributed by atoms with van der Waals surface area (Å²) in [4.78, 5) is 24.5. The van der Waals surface area contributed by atoms with E-state index in [1.54, 1.807) is 0 Å². The third kappa shape index (κ3) is 32.5. The maximum Gasteiger partial charge on any atom is 0.361 e. The summed E-state index contributed by atoms with van der Waals surface area (Å²) in [5.74, 6) is 1.80. The Balaban J connectivity index is -0.00000722. The number of halogens is 2. The van der Waals surface area contributed by atoms with Gasteiger partial charge in [-0.15, -0.1) is 0 Å². The van der Waals surface area contributed by atoms with Gasteiger partial charge in [-0.2, -0.15) is 11.8 Å². The lowest BCUT2D eigenvalue weighted by Gasteiger charge is -2.30. The summed E-state index contributed by atoms with van der Waals surface area (Å²) in [5.41, 5.74) is 0. The van der Waals surface area contributed by atoms with Crippen LogP contribution in [0.25, 0.3) is 0 Å². The Hall–Kier alpha value is -0.210. The topological polar surface area (TPSA) is 52.6 Å². The summed E-state index contributed by atoms with van der Waals surface area (Å²) in [7, 11) is 8.39. The lowest BCUT2D eigenvalue weighted by atomic mass is 10.1. The van der Waals surface area contributed by atoms with E-state index in [1.807, 2.05) is 11.8 Å². The summed E-state index contributed by atoms with van der Waals surface area (Å²) in [6.45, 7) is 8.28. The van der Waals surface area contributed by atoms with Crippen LogP contribution in [0.3, 0.4) is 0 Å². The number of hydrogen-bond acceptors (Lipinski definition) is 5. The molecule has 0 aromatic carbocycles. The van der Waals surface area contributed by atoms with Gasteiger partial charge >= 0.3 is 11.9 Å². The molecule has 0 rings (SSSR count). The van der Waals surface area contributed by atoms with Crippen LogP contribution in [0, 0.1) is 0 Å². The number of thioether (sulfide) groups is 1. The summed E-state index contributed by atoms with van der Waals surface area (Å²) >= 11 is 1.89. The summed E-state index contributed by atoms with van der Waals surface area (Å²) in [6, 6.07) is 0. The Morgan fingerprint density at radius 2 is 0.805 bits per heavy atom. The zero-order valence-corrected chi connectivity index (χ0v) is 30.0. The number of hydrogen-bond donors (Lipinski definition) is 0. The number of esters is 2. The Bertz CT molecular complexity index is 560. The molecule has 0 saturated carbocycles. The first-order valence-corrected chi connectivity index (χ1v) is 17.3. The highest BCUT2D eigenvalue weighted by Crippen LogP contribution is 2.11. The third-order valence-corrected chi connectivity index (χ3v) is 8.26. The van der Waals surface area contributed by atoms with Crippen LogP contribution >= 0.6 is 11.8 Å². The van der Waals surface area contributed by atoms with Crippen LogP contribution in [0.1, 0.15) is 117 Å². The van der Waals surface area contributed by atoms with Gasteiger partial charge in [0.2, 0.25) is 0 Å². The lowest BCUT2D eigenvalue weighted by Crippen LogP contribution is -3.00. The van der Waals surface area contributed by atoms with Crippen molar-refractivity contribution in [2.24, 2.45) is 0 Å². The van der Waals surface area contributed by atoms with Crippen molar-refractivity contribution in [3.63, 3.8) is 0 Å². The molecule has 0 atom stereocenters. The molecule has 9 heteroatoms. The minimum atomic E-state index is -0.0868. The van der Waals surface area contributed by atoms with Crippen molar-refractivity contribution in [1.82, 2.24) is 0 Å². The summed E-state index contributed by atoms with van der Waals surface area (Å²) < 4.78 is 12.3. The van der Waals surface area contributed by atoms with Crippen LogP contribution in [0.4, 0.5) is 0 Å². The van der Waals surface area contributed by atoms with Gasteiger partial charge in [0.1, 0.15) is 0 Å². The van der Waals surface area contributed by atoms with E-state index in [0.29, 0.717) is 35.3 Å². The fourth-order valence-corrected chi connectivity index (χ4v) is 5.97. The molecule has 0 N–H and O–H groups in total. The van der Waals surface area contributed by atoms with Crippen LogP contribution in [0.5, 0.6) is 0 Å². The average molecular weight is 646 g/mol. The molecule has 0 fully saturated rings. The molecule has 0 unspecified atom stereocenters. The Kier molecular flexibility index (Phi) is 32.9. The quantitative estimate of drug-likeness (QED) is 0.0729. The second-order valence-electron chi connectivity index (χ2n) is 12.6. The molecule has 0 aromatic heterocycles. The minimum Gasteiger partial charge on any atom is -1.00 e. The molecule has 0 aliphatic heterocycles. The van der Waals surface area contributed by atoms with Gasteiger partial charge in [0.15, 0.2) is 13.1 Å². The number of carbonyl (C=O) groups is 2. The maximum atomic E-state index is 12.3. The van der Waals surface area contributed by atoms with Crippen LogP contribution in [0.15, 0.2) is 0 Å². The average Bonchev–Trinajstić information content (AvgIpc) is 2.85. The lowest BCUT2D eigenvalue weighted by molar-refractivity contribution is -0.881. The highest BCUT2D eigenvalue weighted by molar-refractivity contribution is 7.99. The van der Waals surface area contributed by atoms with Crippen LogP contribution in [0.2, 0.25) is 0 Å². The number of ether oxygens (including phenoxy) is 2. The molecule has 0 amide bonds. The van der Waals surface area contributed by atoms with Gasteiger partial charge < -0.3 is 43.3 Å². The van der Waals surface area contributed by atoms with Crippen molar-refractivity contribution < 1.29 is 52.8 Å². The first-order valence-electron chi connectivity index (χ1n) is 16.1. The zero-order chi connectivity index (χ0) is 29.2. The van der Waals surface area contributed by atoms with Crippen LogP contribution in [-0.2, 0) is 19.1 Å². The molecule has 0 aliphatic rings. The normalized spacial score (nSPS) is 11.5. The number of unbranched alkanes of at least 4 members (excludes halogenated alkanes) is 14. The van der Waals surface area contributed by atoms with Crippen molar-refractivity contribution in [3.8, 4) is 0 Å². The molecule has 41 heavy (non-hydrogen) atoms. The van der Waals surface area contributed by atoms with E-state index >= 15 is 0 Å². The molecule has 248 valence electrons. The molecule has 0 spiro atoms. The monoisotopic (exact) mass is 644 g/mol. The molecular formula is C32H66Cl2N2O4S. The van der Waals surface area contributed by atoms with E-state index in [4.69, 9.17) is 9.47 Å². The van der Waals surface area contributed by atoms with Crippen molar-refractivity contribution in [1.29, 1.82) is 0 Å². The highest BCUT2D eigenvalue weighted by Gasteiger charge is 2.23. The Labute approximate surface area is 271 Å². The van der Waals surface area contributed by atoms with Gasteiger partial charge in [-0.1, -0.05) is 104 Å². The van der Waals surface area contributed by atoms with Gasteiger partial charge in [0, 0.05) is 11.5 Å². The number of carbonyl (C=O) groups excluding carboxylic acids is 2. The molecular weight excluding hydrogens is 579 g/mol. The van der Waals surface area contributed by atoms with E-state index in [-0.39, 0.29) is 36.8 Å². The molecule has 0 saturated heterocycles. The van der Waals surface area contributed by atoms with E-state index in [1.165, 1.54) is 77.0 Å². The predicted octanol–water partition coefficient (Wildman–Crippen LogP) is 1.25. The number of likely N-dealkylation sites (N-methyl/N-ethyl adjacent to an activating group) is 2. The van der Waals surface area contributed by atoms with Crippen molar-refractivity contribution in [2.75, 3.05) is 79.1 Å². The molecule has 0 heterocycles. The molecule has 0 radical (unpaired) electrons. The van der Waals surface area contributed by atoms with Gasteiger partial charge in [-0.25, -0.2) is 9.59 Å². The Morgan fingerprint density at radius 3 is 1.12 bits per heavy atom. The highest BCUT2D eigenvalue weighted by atomic mass is 35.5. The predicted molar refractivity (Wildman–Crippen MR) is 168 cm³/mol. The van der Waals surface area contributed by atoms with Crippen LogP contribution < -0.4 is 24.8 Å². The molecule has 6 nitrogen and oxygen atoms in total. The summed E-state index contributed by atoms with van der Waals surface area (Å²) in [5, 5.41) is 0. The Morgan fingerprint density at radius 1 is 0.512 bits per heavy atom. The molecule has 0 bridgehead atoms. The van der Waals surface area contributed by atoms with Gasteiger partial charge in [-0.05, 0) is 12.8 Å². The number of nitrogens with zero attached hydrogens (tertiary/aromatic N) is 2. The first kappa shape index (κ1) is 45.2. The minimum absolute atomic E-state index is 0. The van der Waals surface area contributed by atoms with E-state index in [9.17, 15) is 9.59 Å². The van der Waals surface area contributed by atoms with Crippen LogP contribution in [-0.4, -0.2) is 100.0 Å². The molecule has 0 aliphatic carbocycles. The summed E-state index contributed by atoms with van der Waals surface area (Å²) in [6.07, 6.45) is 20.0. The SMILES string of the molecule is CCCCCCCCCCOC(=O)C[N+](C)(C)CCSCC[N+](C)(C)CC(=O)OCCCCCCCCCC.[Cl-].[Cl-]. The van der Waals surface area contributed by atoms with E-state index < -0.39 is 0 Å². The largest absolute Gasteiger partial charge is 1.00 e. The standard InChI is InChI=1S/C32H66N2O4S.2ClH/c1-7-9-11-13-15-17-19-21-25-37-31(35)29-33(3,4)23-27-39-28-24-34(5,6)30-32(36)38-26-22-20-18-16-14-12-10-8-2;;/h7-30H2,1-6H3;2*1H/q+2;;/p-2. The molecule has 0 aromatic rings. The van der Waals surface area contributed by atoms with Gasteiger partial charge in [-0.3, -0.25) is 0 Å². The fourth-order valence-electron chi connectivity index (χ4n) is 4.52. The zero-order valence-electron chi connectivity index (χ0n) is 27.7.